The molecule has 2 N–H and O–H groups in total. The maximum Gasteiger partial charge on any atom is 0.222 e. The van der Waals surface area contributed by atoms with Gasteiger partial charge < -0.3 is 10.6 Å². The zero-order valence-electron chi connectivity index (χ0n) is 11.3. The summed E-state index contributed by atoms with van der Waals surface area (Å²) in [6.07, 6.45) is 3.76. The summed E-state index contributed by atoms with van der Waals surface area (Å²) in [5.74, 6) is -0.0467. The van der Waals surface area contributed by atoms with Gasteiger partial charge in [-0.15, -0.1) is 0 Å². The topological polar surface area (TPSA) is 54.0 Å². The molecule has 0 bridgehead atoms. The molecule has 1 amide bonds. The maximum absolute atomic E-state index is 11.7. The quantitative estimate of drug-likeness (QED) is 0.855. The molecule has 0 unspecified atom stereocenters. The van der Waals surface area contributed by atoms with Crippen molar-refractivity contribution in [2.45, 2.75) is 13.0 Å². The van der Waals surface area contributed by atoms with E-state index in [-0.39, 0.29) is 5.91 Å². The van der Waals surface area contributed by atoms with Crippen LogP contribution in [0.25, 0.3) is 0 Å². The van der Waals surface area contributed by atoms with E-state index in [0.29, 0.717) is 35.2 Å². The number of anilines is 1. The number of nitrogens with one attached hydrogen (secondary N) is 2. The summed E-state index contributed by atoms with van der Waals surface area (Å²) < 4.78 is 0. The average Bonchev–Trinajstić information content (AvgIpc) is 2.49. The SMILES string of the molecule is O=C(CCNc1c(Cl)cccc1Cl)NCc1cccnc1. The van der Waals surface area contributed by atoms with Gasteiger partial charge in [-0.3, -0.25) is 9.78 Å². The molecule has 6 heteroatoms. The number of pyridine rings is 1. The predicted octanol–water partition coefficient (Wildman–Crippen LogP) is 3.51. The highest BCUT2D eigenvalue weighted by Crippen LogP contribution is 2.29. The van der Waals surface area contributed by atoms with Crippen LogP contribution in [-0.4, -0.2) is 17.4 Å². The number of para-hydroxylation sites is 1. The first-order chi connectivity index (χ1) is 10.2. The highest BCUT2D eigenvalue weighted by Gasteiger charge is 2.06. The van der Waals surface area contributed by atoms with E-state index < -0.39 is 0 Å². The number of rotatable bonds is 6. The molecule has 0 aliphatic carbocycles. The minimum absolute atomic E-state index is 0.0467. The number of hydrogen-bond donors (Lipinski definition) is 2. The van der Waals surface area contributed by atoms with Crippen molar-refractivity contribution in [2.75, 3.05) is 11.9 Å². The molecule has 0 saturated heterocycles. The van der Waals surface area contributed by atoms with Gasteiger partial charge in [0.05, 0.1) is 15.7 Å². The van der Waals surface area contributed by atoms with Gasteiger partial charge in [-0.1, -0.05) is 35.3 Å². The summed E-state index contributed by atoms with van der Waals surface area (Å²) in [4.78, 5) is 15.7. The number of amides is 1. The summed E-state index contributed by atoms with van der Waals surface area (Å²) in [6.45, 7) is 0.932. The molecular weight excluding hydrogens is 309 g/mol. The van der Waals surface area contributed by atoms with Crippen LogP contribution in [0.2, 0.25) is 10.0 Å². The Labute approximate surface area is 133 Å². The van der Waals surface area contributed by atoms with Crippen molar-refractivity contribution < 1.29 is 4.79 Å². The minimum Gasteiger partial charge on any atom is -0.382 e. The summed E-state index contributed by atoms with van der Waals surface area (Å²) >= 11 is 12.1. The third-order valence-corrected chi connectivity index (χ3v) is 3.46. The van der Waals surface area contributed by atoms with Crippen LogP contribution >= 0.6 is 23.2 Å². The molecule has 2 aromatic rings. The molecule has 1 aromatic carbocycles. The van der Waals surface area contributed by atoms with E-state index in [0.717, 1.165) is 5.56 Å². The second-order valence-corrected chi connectivity index (χ2v) is 5.23. The third kappa shape index (κ3) is 4.92. The summed E-state index contributed by atoms with van der Waals surface area (Å²) in [5.41, 5.74) is 1.62. The minimum atomic E-state index is -0.0467. The van der Waals surface area contributed by atoms with Crippen LogP contribution in [0.4, 0.5) is 5.69 Å². The smallest absolute Gasteiger partial charge is 0.222 e. The van der Waals surface area contributed by atoms with Crippen molar-refractivity contribution in [3.05, 3.63) is 58.3 Å². The normalized spacial score (nSPS) is 10.2. The van der Waals surface area contributed by atoms with Crippen LogP contribution in [0.1, 0.15) is 12.0 Å². The number of benzene rings is 1. The average molecular weight is 324 g/mol. The van der Waals surface area contributed by atoms with E-state index in [2.05, 4.69) is 15.6 Å². The molecule has 1 aromatic heterocycles. The van der Waals surface area contributed by atoms with Crippen LogP contribution < -0.4 is 10.6 Å². The number of carbonyl (C=O) groups excluding carboxylic acids is 1. The van der Waals surface area contributed by atoms with E-state index in [4.69, 9.17) is 23.2 Å². The molecule has 0 radical (unpaired) electrons. The Kier molecular flexibility index (Phi) is 5.84. The number of nitrogens with zero attached hydrogens (tertiary/aromatic N) is 1. The Bertz CT molecular complexity index is 585. The number of carbonyl (C=O) groups is 1. The molecule has 0 spiro atoms. The first kappa shape index (κ1) is 15.6. The number of halogens is 2. The molecule has 110 valence electrons. The van der Waals surface area contributed by atoms with Gasteiger partial charge in [0.2, 0.25) is 5.91 Å². The van der Waals surface area contributed by atoms with Crippen LogP contribution in [0, 0.1) is 0 Å². The van der Waals surface area contributed by atoms with Crippen molar-refractivity contribution in [1.29, 1.82) is 0 Å². The van der Waals surface area contributed by atoms with Gasteiger partial charge in [0.15, 0.2) is 0 Å². The van der Waals surface area contributed by atoms with Gasteiger partial charge >= 0.3 is 0 Å². The van der Waals surface area contributed by atoms with E-state index in [9.17, 15) is 4.79 Å². The van der Waals surface area contributed by atoms with E-state index in [1.165, 1.54) is 0 Å². The Morgan fingerprint density at radius 1 is 1.14 bits per heavy atom. The molecule has 0 aliphatic rings. The highest BCUT2D eigenvalue weighted by atomic mass is 35.5. The molecule has 21 heavy (non-hydrogen) atoms. The fraction of sp³-hybridized carbons (Fsp3) is 0.200. The lowest BCUT2D eigenvalue weighted by Crippen LogP contribution is -2.25. The first-order valence-corrected chi connectivity index (χ1v) is 7.26. The van der Waals surface area contributed by atoms with Crippen LogP contribution in [-0.2, 0) is 11.3 Å². The van der Waals surface area contributed by atoms with Gasteiger partial charge in [-0.05, 0) is 23.8 Å². The van der Waals surface area contributed by atoms with Crippen molar-refractivity contribution in [2.24, 2.45) is 0 Å². The second kappa shape index (κ2) is 7.86. The molecule has 4 nitrogen and oxygen atoms in total. The van der Waals surface area contributed by atoms with Crippen molar-refractivity contribution >= 4 is 34.8 Å². The molecule has 1 heterocycles. The van der Waals surface area contributed by atoms with Crippen LogP contribution in [0.3, 0.4) is 0 Å². The van der Waals surface area contributed by atoms with Gasteiger partial charge in [-0.2, -0.15) is 0 Å². The molecule has 0 aliphatic heterocycles. The van der Waals surface area contributed by atoms with E-state index in [1.54, 1.807) is 30.6 Å². The predicted molar refractivity (Wildman–Crippen MR) is 85.7 cm³/mol. The second-order valence-electron chi connectivity index (χ2n) is 4.41. The van der Waals surface area contributed by atoms with Crippen molar-refractivity contribution in [3.63, 3.8) is 0 Å². The van der Waals surface area contributed by atoms with Gasteiger partial charge in [0.1, 0.15) is 0 Å². The summed E-state index contributed by atoms with van der Waals surface area (Å²) in [6, 6.07) is 9.02. The Hall–Kier alpha value is -1.78. The standard InChI is InChI=1S/C15H15Cl2N3O/c16-12-4-1-5-13(17)15(12)19-8-6-14(21)20-10-11-3-2-7-18-9-11/h1-5,7,9,19H,6,8,10H2,(H,20,21). The number of hydrogen-bond acceptors (Lipinski definition) is 3. The third-order valence-electron chi connectivity index (χ3n) is 2.83. The Morgan fingerprint density at radius 2 is 1.90 bits per heavy atom. The van der Waals surface area contributed by atoms with Crippen LogP contribution in [0.5, 0.6) is 0 Å². The lowest BCUT2D eigenvalue weighted by atomic mass is 10.2. The van der Waals surface area contributed by atoms with E-state index >= 15 is 0 Å². The molecule has 2 rings (SSSR count). The molecular formula is C15H15Cl2N3O. The van der Waals surface area contributed by atoms with Crippen molar-refractivity contribution in [1.82, 2.24) is 10.3 Å². The Morgan fingerprint density at radius 3 is 2.57 bits per heavy atom. The number of aromatic nitrogens is 1. The maximum atomic E-state index is 11.7. The van der Waals surface area contributed by atoms with Crippen LogP contribution in [0.15, 0.2) is 42.7 Å². The Balaban J connectivity index is 1.75. The monoisotopic (exact) mass is 323 g/mol. The molecule has 0 fully saturated rings. The van der Waals surface area contributed by atoms with Gasteiger partial charge in [-0.25, -0.2) is 0 Å². The largest absolute Gasteiger partial charge is 0.382 e. The highest BCUT2D eigenvalue weighted by molar-refractivity contribution is 6.39. The lowest BCUT2D eigenvalue weighted by molar-refractivity contribution is -0.121. The zero-order chi connectivity index (χ0) is 15.1. The first-order valence-electron chi connectivity index (χ1n) is 6.50. The van der Waals surface area contributed by atoms with Gasteiger partial charge in [0.25, 0.3) is 0 Å². The van der Waals surface area contributed by atoms with E-state index in [1.807, 2.05) is 12.1 Å². The fourth-order valence-corrected chi connectivity index (χ4v) is 2.29. The summed E-state index contributed by atoms with van der Waals surface area (Å²) in [5, 5.41) is 6.98. The van der Waals surface area contributed by atoms with Gasteiger partial charge in [0, 0.05) is 31.9 Å². The lowest BCUT2D eigenvalue weighted by Gasteiger charge is -2.10. The zero-order valence-corrected chi connectivity index (χ0v) is 12.8. The molecule has 0 saturated carbocycles. The summed E-state index contributed by atoms with van der Waals surface area (Å²) in [7, 11) is 0. The molecule has 0 atom stereocenters. The van der Waals surface area contributed by atoms with Crippen molar-refractivity contribution in [3.8, 4) is 0 Å². The fourth-order valence-electron chi connectivity index (χ4n) is 1.76.